The quantitative estimate of drug-likeness (QED) is 0.785. The molecule has 22 heavy (non-hydrogen) atoms. The van der Waals surface area contributed by atoms with E-state index in [1.54, 1.807) is 0 Å². The number of hydrogen-bond acceptors (Lipinski definition) is 3. The second-order valence-electron chi connectivity index (χ2n) is 5.59. The number of carbonyl (C=O) groups excluding carboxylic acids is 1. The number of carbonyl (C=O) groups is 1. The summed E-state index contributed by atoms with van der Waals surface area (Å²) >= 11 is 3.50. The molecular formula is C16H19BrN4O. The van der Waals surface area contributed by atoms with E-state index in [9.17, 15) is 4.79 Å². The number of hydrogen-bond donors (Lipinski definition) is 3. The molecule has 0 saturated carbocycles. The van der Waals surface area contributed by atoms with E-state index in [-0.39, 0.29) is 18.0 Å². The van der Waals surface area contributed by atoms with E-state index in [0.29, 0.717) is 10.2 Å². The van der Waals surface area contributed by atoms with Crippen LogP contribution in [0.3, 0.4) is 0 Å². The monoisotopic (exact) mass is 362 g/mol. The van der Waals surface area contributed by atoms with Gasteiger partial charge in [0.2, 0.25) is 0 Å². The van der Waals surface area contributed by atoms with Crippen molar-refractivity contribution in [3.05, 3.63) is 40.5 Å². The second kappa shape index (κ2) is 6.62. The summed E-state index contributed by atoms with van der Waals surface area (Å²) in [5, 5.41) is 13.6. The van der Waals surface area contributed by atoms with Gasteiger partial charge in [-0.3, -0.25) is 9.89 Å². The van der Waals surface area contributed by atoms with Gasteiger partial charge in [0, 0.05) is 17.6 Å². The number of aromatic nitrogens is 2. The molecule has 0 radical (unpaired) electrons. The van der Waals surface area contributed by atoms with Crippen LogP contribution in [-0.2, 0) is 0 Å². The molecule has 2 atom stereocenters. The number of aromatic amines is 1. The second-order valence-corrected chi connectivity index (χ2v) is 6.39. The molecule has 2 unspecified atom stereocenters. The molecular weight excluding hydrogens is 344 g/mol. The molecule has 1 saturated heterocycles. The highest BCUT2D eigenvalue weighted by Crippen LogP contribution is 2.28. The van der Waals surface area contributed by atoms with Crippen LogP contribution in [0.5, 0.6) is 0 Å². The van der Waals surface area contributed by atoms with E-state index in [4.69, 9.17) is 0 Å². The maximum atomic E-state index is 12.5. The summed E-state index contributed by atoms with van der Waals surface area (Å²) in [7, 11) is 0. The summed E-state index contributed by atoms with van der Waals surface area (Å²) < 4.78 is 0.702. The van der Waals surface area contributed by atoms with Crippen LogP contribution in [0.2, 0.25) is 0 Å². The number of piperidine rings is 1. The molecule has 3 N–H and O–H groups in total. The molecule has 116 valence electrons. The highest BCUT2D eigenvalue weighted by molar-refractivity contribution is 9.10. The van der Waals surface area contributed by atoms with Gasteiger partial charge in [-0.25, -0.2) is 0 Å². The van der Waals surface area contributed by atoms with Crippen molar-refractivity contribution < 1.29 is 4.79 Å². The van der Waals surface area contributed by atoms with E-state index in [1.165, 1.54) is 0 Å². The minimum Gasteiger partial charge on any atom is -0.346 e. The Morgan fingerprint density at radius 1 is 1.36 bits per heavy atom. The van der Waals surface area contributed by atoms with E-state index in [1.807, 2.05) is 30.3 Å². The molecule has 2 heterocycles. The molecule has 2 aromatic rings. The van der Waals surface area contributed by atoms with Crippen LogP contribution in [-0.4, -0.2) is 34.7 Å². The fraction of sp³-hybridized carbons (Fsp3) is 0.375. The number of H-pyrrole nitrogens is 1. The van der Waals surface area contributed by atoms with Crippen molar-refractivity contribution in [1.82, 2.24) is 20.8 Å². The maximum Gasteiger partial charge on any atom is 0.270 e. The predicted molar refractivity (Wildman–Crippen MR) is 89.7 cm³/mol. The van der Waals surface area contributed by atoms with E-state index >= 15 is 0 Å². The largest absolute Gasteiger partial charge is 0.346 e. The molecule has 0 bridgehead atoms. The van der Waals surface area contributed by atoms with Crippen LogP contribution >= 0.6 is 15.9 Å². The van der Waals surface area contributed by atoms with Gasteiger partial charge < -0.3 is 10.6 Å². The minimum atomic E-state index is -0.123. The van der Waals surface area contributed by atoms with Gasteiger partial charge in [0.25, 0.3) is 5.91 Å². The minimum absolute atomic E-state index is 0.123. The van der Waals surface area contributed by atoms with Crippen LogP contribution in [0, 0.1) is 0 Å². The average molecular weight is 363 g/mol. The van der Waals surface area contributed by atoms with Gasteiger partial charge in [0.1, 0.15) is 11.4 Å². The Kier molecular flexibility index (Phi) is 4.59. The van der Waals surface area contributed by atoms with Crippen molar-refractivity contribution >= 4 is 21.8 Å². The summed E-state index contributed by atoms with van der Waals surface area (Å²) in [5.41, 5.74) is 2.19. The van der Waals surface area contributed by atoms with Gasteiger partial charge in [-0.2, -0.15) is 5.10 Å². The summed E-state index contributed by atoms with van der Waals surface area (Å²) in [6.07, 6.45) is 2.08. The summed E-state index contributed by atoms with van der Waals surface area (Å²) in [4.78, 5) is 12.5. The molecule has 1 amide bonds. The Morgan fingerprint density at radius 3 is 2.86 bits per heavy atom. The molecule has 1 aliphatic rings. The Bertz CT molecular complexity index is 655. The highest BCUT2D eigenvalue weighted by atomic mass is 79.9. The molecule has 1 aliphatic heterocycles. The molecule has 1 aromatic carbocycles. The summed E-state index contributed by atoms with van der Waals surface area (Å²) in [5.74, 6) is -0.123. The summed E-state index contributed by atoms with van der Waals surface area (Å²) in [6.45, 7) is 3.11. The van der Waals surface area contributed by atoms with Crippen LogP contribution in [0.25, 0.3) is 11.3 Å². The zero-order chi connectivity index (χ0) is 15.5. The first-order valence-electron chi connectivity index (χ1n) is 7.50. The number of rotatable bonds is 3. The molecule has 0 aliphatic carbocycles. The molecule has 5 nitrogen and oxygen atoms in total. The van der Waals surface area contributed by atoms with E-state index in [2.05, 4.69) is 43.7 Å². The lowest BCUT2D eigenvalue weighted by Crippen LogP contribution is -2.52. The summed E-state index contributed by atoms with van der Waals surface area (Å²) in [6, 6.07) is 10.2. The van der Waals surface area contributed by atoms with Crippen LogP contribution in [0.15, 0.2) is 34.8 Å². The van der Waals surface area contributed by atoms with Gasteiger partial charge in [-0.05, 0) is 42.2 Å². The Hall–Kier alpha value is -1.66. The third-order valence-electron chi connectivity index (χ3n) is 4.06. The molecule has 1 fully saturated rings. The van der Waals surface area contributed by atoms with E-state index < -0.39 is 0 Å². The standard InChI is InChI=1S/C16H19BrN4O/c1-10-12(8-5-9-18-10)19-16(22)15-13(17)14(20-21-15)11-6-3-2-4-7-11/h2-4,6-7,10,12,18H,5,8-9H2,1H3,(H,19,22)(H,20,21). The number of benzene rings is 1. The van der Waals surface area contributed by atoms with Crippen molar-refractivity contribution in [3.63, 3.8) is 0 Å². The van der Waals surface area contributed by atoms with Gasteiger partial charge >= 0.3 is 0 Å². The zero-order valence-corrected chi connectivity index (χ0v) is 14.0. The predicted octanol–water partition coefficient (Wildman–Crippen LogP) is 2.71. The van der Waals surface area contributed by atoms with Gasteiger partial charge in [-0.1, -0.05) is 30.3 Å². The number of halogens is 1. The molecule has 0 spiro atoms. The Balaban J connectivity index is 1.78. The van der Waals surface area contributed by atoms with Crippen LogP contribution < -0.4 is 10.6 Å². The number of nitrogens with one attached hydrogen (secondary N) is 3. The van der Waals surface area contributed by atoms with Crippen molar-refractivity contribution in [3.8, 4) is 11.3 Å². The first kappa shape index (κ1) is 15.2. The molecule has 1 aromatic heterocycles. The van der Waals surface area contributed by atoms with Gasteiger partial charge in [-0.15, -0.1) is 0 Å². The average Bonchev–Trinajstić information content (AvgIpc) is 2.92. The Labute approximate surface area is 138 Å². The van der Waals surface area contributed by atoms with Crippen LogP contribution in [0.4, 0.5) is 0 Å². The molecule has 3 rings (SSSR count). The van der Waals surface area contributed by atoms with Crippen molar-refractivity contribution in [2.75, 3.05) is 6.54 Å². The SMILES string of the molecule is CC1NCCCC1NC(=O)c1[nH]nc(-c2ccccc2)c1Br. The number of amides is 1. The van der Waals surface area contributed by atoms with Gasteiger partial charge in [0.05, 0.1) is 4.47 Å². The van der Waals surface area contributed by atoms with Crippen molar-refractivity contribution in [1.29, 1.82) is 0 Å². The van der Waals surface area contributed by atoms with Gasteiger partial charge in [0.15, 0.2) is 0 Å². The Morgan fingerprint density at radius 2 is 2.14 bits per heavy atom. The maximum absolute atomic E-state index is 12.5. The first-order chi connectivity index (χ1) is 10.7. The first-order valence-corrected chi connectivity index (χ1v) is 8.29. The molecule has 6 heteroatoms. The van der Waals surface area contributed by atoms with E-state index in [0.717, 1.165) is 30.6 Å². The van der Waals surface area contributed by atoms with Crippen LogP contribution in [0.1, 0.15) is 30.3 Å². The number of nitrogens with zero attached hydrogens (tertiary/aromatic N) is 1. The lowest BCUT2D eigenvalue weighted by Gasteiger charge is -2.30. The topological polar surface area (TPSA) is 69.8 Å². The normalized spacial score (nSPS) is 21.5. The third kappa shape index (κ3) is 3.08. The third-order valence-corrected chi connectivity index (χ3v) is 4.83. The lowest BCUT2D eigenvalue weighted by atomic mass is 10.00. The van der Waals surface area contributed by atoms with Crippen molar-refractivity contribution in [2.45, 2.75) is 31.8 Å². The fourth-order valence-corrected chi connectivity index (χ4v) is 3.33. The van der Waals surface area contributed by atoms with Crippen molar-refractivity contribution in [2.24, 2.45) is 0 Å². The smallest absolute Gasteiger partial charge is 0.270 e. The fourth-order valence-electron chi connectivity index (χ4n) is 2.75. The lowest BCUT2D eigenvalue weighted by molar-refractivity contribution is 0.0914. The highest BCUT2D eigenvalue weighted by Gasteiger charge is 2.25. The zero-order valence-electron chi connectivity index (χ0n) is 12.4.